The van der Waals surface area contributed by atoms with Gasteiger partial charge in [0, 0.05) is 10.7 Å². The zero-order chi connectivity index (χ0) is 17.1. The summed E-state index contributed by atoms with van der Waals surface area (Å²) in [6.07, 6.45) is 0. The minimum Gasteiger partial charge on any atom is -0.481 e. The second kappa shape index (κ2) is 7.56. The highest BCUT2D eigenvalue weighted by Gasteiger charge is 2.13. The SMILES string of the molecule is Cc1cc(C)c(NC(=O)COc2c(Cl)cc(Cl)cc2Br)c(C)c1. The van der Waals surface area contributed by atoms with Crippen LogP contribution in [-0.4, -0.2) is 12.5 Å². The van der Waals surface area contributed by atoms with Gasteiger partial charge in [0.15, 0.2) is 12.4 Å². The van der Waals surface area contributed by atoms with Gasteiger partial charge in [0.1, 0.15) is 0 Å². The molecule has 1 amide bonds. The third-order valence-corrected chi connectivity index (χ3v) is 4.34. The Labute approximate surface area is 154 Å². The Morgan fingerprint density at radius 2 is 1.74 bits per heavy atom. The molecular formula is C17H16BrCl2NO2. The number of aryl methyl sites for hydroxylation is 3. The highest BCUT2D eigenvalue weighted by molar-refractivity contribution is 9.10. The molecule has 0 radical (unpaired) electrons. The van der Waals surface area contributed by atoms with Crippen LogP contribution in [0.15, 0.2) is 28.7 Å². The topological polar surface area (TPSA) is 38.3 Å². The Balaban J connectivity index is 2.07. The highest BCUT2D eigenvalue weighted by atomic mass is 79.9. The van der Waals surface area contributed by atoms with E-state index in [1.807, 2.05) is 32.9 Å². The van der Waals surface area contributed by atoms with Gasteiger partial charge in [-0.25, -0.2) is 0 Å². The van der Waals surface area contributed by atoms with Crippen molar-refractivity contribution in [3.05, 3.63) is 55.5 Å². The number of rotatable bonds is 4. The van der Waals surface area contributed by atoms with Gasteiger partial charge in [0.2, 0.25) is 0 Å². The summed E-state index contributed by atoms with van der Waals surface area (Å²) in [6.45, 7) is 5.80. The number of benzene rings is 2. The van der Waals surface area contributed by atoms with Crippen LogP contribution in [0, 0.1) is 20.8 Å². The van der Waals surface area contributed by atoms with Gasteiger partial charge in [-0.15, -0.1) is 0 Å². The Kier molecular flexibility index (Phi) is 5.95. The summed E-state index contributed by atoms with van der Waals surface area (Å²) in [5, 5.41) is 3.72. The average molecular weight is 417 g/mol. The Morgan fingerprint density at radius 1 is 1.13 bits per heavy atom. The molecule has 0 spiro atoms. The molecule has 6 heteroatoms. The van der Waals surface area contributed by atoms with Crippen LogP contribution in [-0.2, 0) is 4.79 Å². The summed E-state index contributed by atoms with van der Waals surface area (Å²) in [6, 6.07) is 7.27. The lowest BCUT2D eigenvalue weighted by atomic mass is 10.1. The van der Waals surface area contributed by atoms with E-state index in [9.17, 15) is 4.79 Å². The van der Waals surface area contributed by atoms with Crippen LogP contribution in [0.2, 0.25) is 10.0 Å². The molecule has 0 aliphatic carbocycles. The summed E-state index contributed by atoms with van der Waals surface area (Å²) in [5.74, 6) is 0.140. The first-order valence-electron chi connectivity index (χ1n) is 6.93. The molecule has 0 aliphatic rings. The number of hydrogen-bond donors (Lipinski definition) is 1. The second-order valence-electron chi connectivity index (χ2n) is 5.31. The molecule has 2 aromatic rings. The number of carbonyl (C=O) groups is 1. The zero-order valence-electron chi connectivity index (χ0n) is 13.0. The van der Waals surface area contributed by atoms with Crippen LogP contribution in [0.3, 0.4) is 0 Å². The quantitative estimate of drug-likeness (QED) is 0.694. The van der Waals surface area contributed by atoms with E-state index in [4.69, 9.17) is 27.9 Å². The molecular weight excluding hydrogens is 401 g/mol. The first kappa shape index (κ1) is 18.1. The summed E-state index contributed by atoms with van der Waals surface area (Å²) >= 11 is 15.3. The van der Waals surface area contributed by atoms with Gasteiger partial charge in [0.25, 0.3) is 5.91 Å². The molecule has 0 saturated heterocycles. The third kappa shape index (κ3) is 4.63. The van der Waals surface area contributed by atoms with Crippen LogP contribution in [0.1, 0.15) is 16.7 Å². The lowest BCUT2D eigenvalue weighted by molar-refractivity contribution is -0.118. The normalized spacial score (nSPS) is 10.5. The lowest BCUT2D eigenvalue weighted by Crippen LogP contribution is -2.21. The van der Waals surface area contributed by atoms with Gasteiger partial charge in [-0.3, -0.25) is 4.79 Å². The summed E-state index contributed by atoms with van der Waals surface area (Å²) in [5.41, 5.74) is 4.00. The largest absolute Gasteiger partial charge is 0.481 e. The first-order chi connectivity index (χ1) is 10.8. The molecule has 0 unspecified atom stereocenters. The van der Waals surface area contributed by atoms with Crippen molar-refractivity contribution in [3.63, 3.8) is 0 Å². The predicted octanol–water partition coefficient (Wildman–Crippen LogP) is 5.70. The molecule has 0 saturated carbocycles. The molecule has 0 heterocycles. The maximum absolute atomic E-state index is 12.1. The van der Waals surface area contributed by atoms with E-state index in [2.05, 4.69) is 21.2 Å². The fourth-order valence-electron chi connectivity index (χ4n) is 2.36. The molecule has 1 N–H and O–H groups in total. The Bertz CT molecular complexity index is 716. The van der Waals surface area contributed by atoms with Gasteiger partial charge in [-0.2, -0.15) is 0 Å². The van der Waals surface area contributed by atoms with E-state index in [0.29, 0.717) is 20.3 Å². The van der Waals surface area contributed by atoms with E-state index in [0.717, 1.165) is 22.4 Å². The number of ether oxygens (including phenoxy) is 1. The van der Waals surface area contributed by atoms with Crippen molar-refractivity contribution >= 4 is 50.7 Å². The minimum atomic E-state index is -0.252. The van der Waals surface area contributed by atoms with Gasteiger partial charge in [0.05, 0.1) is 9.50 Å². The molecule has 3 nitrogen and oxygen atoms in total. The van der Waals surface area contributed by atoms with Crippen LogP contribution < -0.4 is 10.1 Å². The number of nitrogens with one attached hydrogen (secondary N) is 1. The van der Waals surface area contributed by atoms with Crippen molar-refractivity contribution in [3.8, 4) is 5.75 Å². The number of amides is 1. The molecule has 0 fully saturated rings. The predicted molar refractivity (Wildman–Crippen MR) is 98.9 cm³/mol. The summed E-state index contributed by atoms with van der Waals surface area (Å²) in [7, 11) is 0. The van der Waals surface area contributed by atoms with Crippen molar-refractivity contribution in [1.29, 1.82) is 0 Å². The van der Waals surface area contributed by atoms with Crippen molar-refractivity contribution in [2.45, 2.75) is 20.8 Å². The maximum Gasteiger partial charge on any atom is 0.262 e. The molecule has 0 bridgehead atoms. The molecule has 0 aromatic heterocycles. The molecule has 0 aliphatic heterocycles. The van der Waals surface area contributed by atoms with Gasteiger partial charge in [-0.1, -0.05) is 40.9 Å². The summed E-state index contributed by atoms with van der Waals surface area (Å²) in [4.78, 5) is 12.1. The van der Waals surface area contributed by atoms with Crippen molar-refractivity contribution in [1.82, 2.24) is 0 Å². The Morgan fingerprint density at radius 3 is 2.30 bits per heavy atom. The summed E-state index contributed by atoms with van der Waals surface area (Å²) < 4.78 is 6.11. The highest BCUT2D eigenvalue weighted by Crippen LogP contribution is 2.36. The second-order valence-corrected chi connectivity index (χ2v) is 7.01. The number of anilines is 1. The minimum absolute atomic E-state index is 0.146. The van der Waals surface area contributed by atoms with Crippen LogP contribution in [0.25, 0.3) is 0 Å². The van der Waals surface area contributed by atoms with E-state index >= 15 is 0 Å². The van der Waals surface area contributed by atoms with E-state index in [-0.39, 0.29) is 12.5 Å². The van der Waals surface area contributed by atoms with E-state index in [1.165, 1.54) is 0 Å². The standard InChI is InChI=1S/C17H16BrCl2NO2/c1-9-4-10(2)16(11(3)5-9)21-15(22)8-23-17-13(18)6-12(19)7-14(17)20/h4-7H,8H2,1-3H3,(H,21,22). The Hall–Kier alpha value is -1.23. The fraction of sp³-hybridized carbons (Fsp3) is 0.235. The van der Waals surface area contributed by atoms with Crippen molar-refractivity contribution in [2.24, 2.45) is 0 Å². The number of hydrogen-bond acceptors (Lipinski definition) is 2. The van der Waals surface area contributed by atoms with Crippen molar-refractivity contribution in [2.75, 3.05) is 11.9 Å². The van der Waals surface area contributed by atoms with Crippen LogP contribution in [0.4, 0.5) is 5.69 Å². The lowest BCUT2D eigenvalue weighted by Gasteiger charge is -2.14. The number of carbonyl (C=O) groups excluding carboxylic acids is 1. The molecule has 2 rings (SSSR count). The van der Waals surface area contributed by atoms with Crippen LogP contribution >= 0.6 is 39.1 Å². The van der Waals surface area contributed by atoms with Crippen LogP contribution in [0.5, 0.6) is 5.75 Å². The van der Waals surface area contributed by atoms with E-state index in [1.54, 1.807) is 12.1 Å². The molecule has 0 atom stereocenters. The third-order valence-electron chi connectivity index (χ3n) is 3.25. The molecule has 23 heavy (non-hydrogen) atoms. The average Bonchev–Trinajstić information content (AvgIpc) is 2.41. The first-order valence-corrected chi connectivity index (χ1v) is 8.48. The monoisotopic (exact) mass is 415 g/mol. The van der Waals surface area contributed by atoms with Gasteiger partial charge >= 0.3 is 0 Å². The number of halogens is 3. The van der Waals surface area contributed by atoms with Crippen molar-refractivity contribution < 1.29 is 9.53 Å². The molecule has 2 aromatic carbocycles. The maximum atomic E-state index is 12.1. The van der Waals surface area contributed by atoms with E-state index < -0.39 is 0 Å². The van der Waals surface area contributed by atoms with Gasteiger partial charge < -0.3 is 10.1 Å². The van der Waals surface area contributed by atoms with Gasteiger partial charge in [-0.05, 0) is 60.0 Å². The smallest absolute Gasteiger partial charge is 0.262 e. The fourth-order valence-corrected chi connectivity index (χ4v) is 3.73. The zero-order valence-corrected chi connectivity index (χ0v) is 16.1. The molecule has 122 valence electrons.